The average molecular weight is 319 g/mol. The van der Waals surface area contributed by atoms with E-state index < -0.39 is 5.97 Å². The molecule has 0 saturated carbocycles. The van der Waals surface area contributed by atoms with E-state index in [1.54, 1.807) is 25.1 Å². The van der Waals surface area contributed by atoms with Gasteiger partial charge in [0.15, 0.2) is 0 Å². The van der Waals surface area contributed by atoms with E-state index in [0.29, 0.717) is 21.3 Å². The van der Waals surface area contributed by atoms with Gasteiger partial charge in [-0.3, -0.25) is 5.43 Å². The third-order valence-corrected chi connectivity index (χ3v) is 3.63. The number of aryl methyl sites for hydroxylation is 1. The molecule has 0 aliphatic rings. The smallest absolute Gasteiger partial charge is 0.350 e. The maximum absolute atomic E-state index is 13.4. The first-order valence-corrected chi connectivity index (χ1v) is 7.22. The van der Waals surface area contributed by atoms with E-state index in [9.17, 15) is 9.18 Å². The van der Waals surface area contributed by atoms with Gasteiger partial charge in [0.1, 0.15) is 17.3 Å². The molecule has 1 aromatic carbocycles. The Labute approximate surface area is 131 Å². The zero-order valence-electron chi connectivity index (χ0n) is 11.9. The van der Waals surface area contributed by atoms with Gasteiger partial charge in [-0.05, 0) is 13.0 Å². The highest BCUT2D eigenvalue weighted by molar-refractivity contribution is 7.17. The zero-order chi connectivity index (χ0) is 15.9. The number of hydrazone groups is 1. The summed E-state index contributed by atoms with van der Waals surface area (Å²) in [7, 11) is 0. The number of carbonyl (C=O) groups excluding carboxylic acids is 1. The van der Waals surface area contributed by atoms with E-state index in [0.717, 1.165) is 11.3 Å². The van der Waals surface area contributed by atoms with Crippen molar-refractivity contribution in [3.63, 3.8) is 0 Å². The fourth-order valence-electron chi connectivity index (χ4n) is 1.57. The number of nitrogens with zero attached hydrogens (tertiary/aromatic N) is 2. The second-order valence-corrected chi connectivity index (χ2v) is 5.21. The molecule has 0 aliphatic heterocycles. The normalized spacial score (nSPS) is 10.6. The fourth-order valence-corrected chi connectivity index (χ4v) is 2.38. The van der Waals surface area contributed by atoms with Crippen molar-refractivity contribution >= 4 is 28.7 Å². The maximum Gasteiger partial charge on any atom is 0.350 e. The molecule has 5 nitrogen and oxygen atoms in total. The van der Waals surface area contributed by atoms with E-state index in [1.165, 1.54) is 18.4 Å². The highest BCUT2D eigenvalue weighted by atomic mass is 32.1. The van der Waals surface area contributed by atoms with Crippen LogP contribution in [0.5, 0.6) is 0 Å². The van der Waals surface area contributed by atoms with E-state index in [1.807, 2.05) is 0 Å². The van der Waals surface area contributed by atoms with Crippen LogP contribution in [0.25, 0.3) is 0 Å². The number of benzene rings is 1. The van der Waals surface area contributed by atoms with Crippen molar-refractivity contribution in [3.8, 4) is 0 Å². The van der Waals surface area contributed by atoms with Crippen LogP contribution in [0, 0.1) is 12.7 Å². The fraction of sp³-hybridized carbons (Fsp3) is 0.133. The van der Waals surface area contributed by atoms with Gasteiger partial charge in [0, 0.05) is 5.56 Å². The second-order valence-electron chi connectivity index (χ2n) is 4.21. The molecule has 0 aliphatic carbocycles. The van der Waals surface area contributed by atoms with Gasteiger partial charge in [0.25, 0.3) is 0 Å². The Balaban J connectivity index is 2.04. The number of carbonyl (C=O) groups is 1. The lowest BCUT2D eigenvalue weighted by atomic mass is 10.2. The molecule has 1 heterocycles. The highest BCUT2D eigenvalue weighted by Gasteiger charge is 2.16. The molecule has 0 amide bonds. The van der Waals surface area contributed by atoms with E-state index in [2.05, 4.69) is 22.1 Å². The van der Waals surface area contributed by atoms with Crippen LogP contribution in [0.4, 0.5) is 9.52 Å². The third-order valence-electron chi connectivity index (χ3n) is 2.58. The molecule has 0 spiro atoms. The van der Waals surface area contributed by atoms with Crippen molar-refractivity contribution in [2.45, 2.75) is 6.92 Å². The Hall–Kier alpha value is -2.54. The Kier molecular flexibility index (Phi) is 5.37. The summed E-state index contributed by atoms with van der Waals surface area (Å²) in [5.41, 5.74) is 3.57. The predicted molar refractivity (Wildman–Crippen MR) is 84.9 cm³/mol. The van der Waals surface area contributed by atoms with Crippen molar-refractivity contribution in [1.29, 1.82) is 0 Å². The molecule has 0 radical (unpaired) electrons. The van der Waals surface area contributed by atoms with Gasteiger partial charge in [-0.15, -0.1) is 0 Å². The molecule has 0 fully saturated rings. The summed E-state index contributed by atoms with van der Waals surface area (Å²) in [6, 6.07) is 6.27. The Morgan fingerprint density at radius 2 is 2.32 bits per heavy atom. The quantitative estimate of drug-likeness (QED) is 0.384. The molecule has 2 rings (SSSR count). The number of rotatable bonds is 6. The Bertz CT molecular complexity index is 713. The number of hydrogen-bond acceptors (Lipinski definition) is 6. The summed E-state index contributed by atoms with van der Waals surface area (Å²) >= 11 is 1.12. The number of aromatic nitrogens is 1. The summed E-state index contributed by atoms with van der Waals surface area (Å²) < 4.78 is 18.4. The Morgan fingerprint density at radius 1 is 1.55 bits per heavy atom. The molecular weight excluding hydrogens is 305 g/mol. The first-order chi connectivity index (χ1) is 10.6. The second kappa shape index (κ2) is 7.46. The molecule has 0 bridgehead atoms. The summed E-state index contributed by atoms with van der Waals surface area (Å²) in [6.45, 7) is 5.32. The molecule has 114 valence electrons. The topological polar surface area (TPSA) is 63.6 Å². The minimum absolute atomic E-state index is 0.143. The van der Waals surface area contributed by atoms with Crippen LogP contribution >= 0.6 is 11.3 Å². The standard InChI is InChI=1S/C15H14FN3O2S/c1-3-8-21-14(20)13-10(2)18-15(22-13)19-17-9-11-6-4-5-7-12(11)16/h3-7,9H,1,8H2,2H3,(H,18,19)/b17-9-. The number of nitrogens with one attached hydrogen (secondary N) is 1. The summed E-state index contributed by atoms with van der Waals surface area (Å²) in [5, 5.41) is 4.34. The number of hydrogen-bond donors (Lipinski definition) is 1. The molecule has 0 atom stereocenters. The first-order valence-electron chi connectivity index (χ1n) is 6.41. The predicted octanol–water partition coefficient (Wildman–Crippen LogP) is 3.38. The molecule has 1 N–H and O–H groups in total. The van der Waals surface area contributed by atoms with E-state index >= 15 is 0 Å². The largest absolute Gasteiger partial charge is 0.457 e. The van der Waals surface area contributed by atoms with Gasteiger partial charge < -0.3 is 4.74 Å². The zero-order valence-corrected chi connectivity index (χ0v) is 12.7. The van der Waals surface area contributed by atoms with Crippen molar-refractivity contribution in [3.05, 3.63) is 58.9 Å². The molecule has 7 heteroatoms. The lowest BCUT2D eigenvalue weighted by Crippen LogP contribution is -2.04. The van der Waals surface area contributed by atoms with Gasteiger partial charge in [-0.1, -0.05) is 42.2 Å². The van der Waals surface area contributed by atoms with Crippen LogP contribution in [0.2, 0.25) is 0 Å². The number of ether oxygens (including phenoxy) is 1. The van der Waals surface area contributed by atoms with Crippen LogP contribution in [0.15, 0.2) is 42.0 Å². The number of esters is 1. The van der Waals surface area contributed by atoms with Crippen LogP contribution in [0.1, 0.15) is 20.9 Å². The van der Waals surface area contributed by atoms with Crippen molar-refractivity contribution in [2.75, 3.05) is 12.0 Å². The van der Waals surface area contributed by atoms with Gasteiger partial charge in [0.2, 0.25) is 5.13 Å². The number of thiazole rings is 1. The minimum atomic E-state index is -0.457. The number of halogens is 1. The minimum Gasteiger partial charge on any atom is -0.457 e. The summed E-state index contributed by atoms with van der Waals surface area (Å²) in [6.07, 6.45) is 2.84. The van der Waals surface area contributed by atoms with Crippen LogP contribution < -0.4 is 5.43 Å². The lowest BCUT2D eigenvalue weighted by Gasteiger charge is -1.98. The monoisotopic (exact) mass is 319 g/mol. The Morgan fingerprint density at radius 3 is 3.05 bits per heavy atom. The molecule has 0 unspecified atom stereocenters. The van der Waals surface area contributed by atoms with Crippen molar-refractivity contribution in [2.24, 2.45) is 5.10 Å². The lowest BCUT2D eigenvalue weighted by molar-refractivity contribution is 0.0554. The highest BCUT2D eigenvalue weighted by Crippen LogP contribution is 2.23. The van der Waals surface area contributed by atoms with Crippen molar-refractivity contribution in [1.82, 2.24) is 4.98 Å². The molecule has 1 aromatic heterocycles. The van der Waals surface area contributed by atoms with Crippen molar-refractivity contribution < 1.29 is 13.9 Å². The third kappa shape index (κ3) is 3.98. The van der Waals surface area contributed by atoms with Crippen LogP contribution in [-0.4, -0.2) is 23.8 Å². The molecule has 0 saturated heterocycles. The van der Waals surface area contributed by atoms with E-state index in [-0.39, 0.29) is 12.4 Å². The molecular formula is C15H14FN3O2S. The summed E-state index contributed by atoms with van der Waals surface area (Å²) in [4.78, 5) is 16.3. The SMILES string of the molecule is C=CCOC(=O)c1sc(N/N=C\c2ccccc2F)nc1C. The van der Waals surface area contributed by atoms with Gasteiger partial charge in [0.05, 0.1) is 11.9 Å². The molecule has 2 aromatic rings. The van der Waals surface area contributed by atoms with Crippen LogP contribution in [0.3, 0.4) is 0 Å². The first kappa shape index (κ1) is 15.8. The van der Waals surface area contributed by atoms with E-state index in [4.69, 9.17) is 4.74 Å². The molecule has 22 heavy (non-hydrogen) atoms. The number of anilines is 1. The van der Waals surface area contributed by atoms with Gasteiger partial charge >= 0.3 is 5.97 Å². The van der Waals surface area contributed by atoms with Gasteiger partial charge in [-0.25, -0.2) is 14.2 Å². The van der Waals surface area contributed by atoms with Gasteiger partial charge in [-0.2, -0.15) is 5.10 Å². The summed E-state index contributed by atoms with van der Waals surface area (Å²) in [5.74, 6) is -0.821. The maximum atomic E-state index is 13.4. The van der Waals surface area contributed by atoms with Crippen LogP contribution in [-0.2, 0) is 4.74 Å². The average Bonchev–Trinajstić information content (AvgIpc) is 2.88.